The molecule has 110 valence electrons. The van der Waals surface area contributed by atoms with Crippen LogP contribution < -0.4 is 11.1 Å². The second kappa shape index (κ2) is 7.08. The first-order chi connectivity index (χ1) is 8.59. The number of methoxy groups -OCH3 is 1. The number of nitrogens with one attached hydrogen (secondary N) is 1. The highest BCUT2D eigenvalue weighted by Gasteiger charge is 2.30. The van der Waals surface area contributed by atoms with E-state index < -0.39 is 35.3 Å². The van der Waals surface area contributed by atoms with Crippen molar-refractivity contribution in [2.45, 2.75) is 45.7 Å². The van der Waals surface area contributed by atoms with Gasteiger partial charge in [0, 0.05) is 6.42 Å². The Balaban J connectivity index is 4.55. The van der Waals surface area contributed by atoms with E-state index in [-0.39, 0.29) is 12.8 Å². The fourth-order valence-electron chi connectivity index (χ4n) is 1.28. The van der Waals surface area contributed by atoms with Crippen LogP contribution in [-0.4, -0.2) is 42.1 Å². The average Bonchev–Trinajstić information content (AvgIpc) is 2.30. The Morgan fingerprint density at radius 2 is 1.84 bits per heavy atom. The lowest BCUT2D eigenvalue weighted by Gasteiger charge is -2.27. The van der Waals surface area contributed by atoms with Gasteiger partial charge >= 0.3 is 11.9 Å². The van der Waals surface area contributed by atoms with E-state index in [1.807, 2.05) is 0 Å². The van der Waals surface area contributed by atoms with Gasteiger partial charge in [-0.3, -0.25) is 9.59 Å². The summed E-state index contributed by atoms with van der Waals surface area (Å²) in [6.45, 7) is 5.34. The van der Waals surface area contributed by atoms with E-state index >= 15 is 0 Å². The van der Waals surface area contributed by atoms with Crippen LogP contribution in [-0.2, 0) is 19.1 Å². The highest BCUT2D eigenvalue weighted by atomic mass is 16.5. The number of hydrogen-bond donors (Lipinski definition) is 3. The Kier molecular flexibility index (Phi) is 6.47. The zero-order valence-electron chi connectivity index (χ0n) is 11.7. The van der Waals surface area contributed by atoms with Gasteiger partial charge in [-0.1, -0.05) is 20.8 Å². The molecule has 0 saturated carbocycles. The molecule has 4 N–H and O–H groups in total. The van der Waals surface area contributed by atoms with Gasteiger partial charge in [-0.25, -0.2) is 4.79 Å². The van der Waals surface area contributed by atoms with Crippen molar-refractivity contribution in [2.75, 3.05) is 7.11 Å². The number of carboxylic acids is 1. The maximum absolute atomic E-state index is 11.8. The molecule has 0 saturated heterocycles. The molecule has 0 aromatic rings. The standard InChI is InChI=1S/C12H22N2O5/c1-12(2,3)9(13)10(16)14-7(11(17)18)5-6-8(15)19-4/h7,9H,5-6,13H2,1-4H3,(H,14,16)(H,17,18)/t7?,9-/m1/s1. The molecule has 0 aliphatic rings. The maximum atomic E-state index is 11.8. The van der Waals surface area contributed by atoms with Crippen LogP contribution in [0.5, 0.6) is 0 Å². The summed E-state index contributed by atoms with van der Waals surface area (Å²) in [5.74, 6) is -2.29. The van der Waals surface area contributed by atoms with E-state index in [0.29, 0.717) is 0 Å². The Labute approximate surface area is 112 Å². The molecule has 7 heteroatoms. The van der Waals surface area contributed by atoms with Crippen LogP contribution in [0.1, 0.15) is 33.6 Å². The average molecular weight is 274 g/mol. The van der Waals surface area contributed by atoms with E-state index in [1.54, 1.807) is 20.8 Å². The van der Waals surface area contributed by atoms with Crippen LogP contribution in [0.4, 0.5) is 0 Å². The molecule has 0 aliphatic heterocycles. The largest absolute Gasteiger partial charge is 0.480 e. The number of esters is 1. The predicted octanol–water partition coefficient (Wildman–Crippen LogP) is -0.118. The van der Waals surface area contributed by atoms with E-state index in [9.17, 15) is 14.4 Å². The molecular formula is C12H22N2O5. The molecule has 2 atom stereocenters. The van der Waals surface area contributed by atoms with Crippen LogP contribution in [0.3, 0.4) is 0 Å². The van der Waals surface area contributed by atoms with Crippen molar-refractivity contribution >= 4 is 17.8 Å². The molecule has 0 rings (SSSR count). The van der Waals surface area contributed by atoms with Gasteiger partial charge in [0.25, 0.3) is 0 Å². The zero-order chi connectivity index (χ0) is 15.2. The number of rotatable bonds is 6. The first kappa shape index (κ1) is 17.4. The van der Waals surface area contributed by atoms with Crippen LogP contribution in [0.2, 0.25) is 0 Å². The van der Waals surface area contributed by atoms with Gasteiger partial charge in [-0.2, -0.15) is 0 Å². The molecule has 0 radical (unpaired) electrons. The number of carbonyl (C=O) groups excluding carboxylic acids is 2. The molecule has 1 amide bonds. The van der Waals surface area contributed by atoms with E-state index in [0.717, 1.165) is 0 Å². The number of carbonyl (C=O) groups is 3. The van der Waals surface area contributed by atoms with Crippen molar-refractivity contribution < 1.29 is 24.2 Å². The summed E-state index contributed by atoms with van der Waals surface area (Å²) >= 11 is 0. The Hall–Kier alpha value is -1.63. The van der Waals surface area contributed by atoms with Crippen LogP contribution >= 0.6 is 0 Å². The van der Waals surface area contributed by atoms with Crippen molar-refractivity contribution in [3.63, 3.8) is 0 Å². The zero-order valence-corrected chi connectivity index (χ0v) is 11.7. The van der Waals surface area contributed by atoms with E-state index in [1.165, 1.54) is 7.11 Å². The molecule has 0 aliphatic carbocycles. The van der Waals surface area contributed by atoms with Crippen LogP contribution in [0.25, 0.3) is 0 Å². The molecular weight excluding hydrogens is 252 g/mol. The molecule has 0 heterocycles. The van der Waals surface area contributed by atoms with Gasteiger partial charge < -0.3 is 20.9 Å². The monoisotopic (exact) mass is 274 g/mol. The molecule has 19 heavy (non-hydrogen) atoms. The van der Waals surface area contributed by atoms with Gasteiger partial charge in [0.1, 0.15) is 6.04 Å². The van der Waals surface area contributed by atoms with E-state index in [4.69, 9.17) is 10.8 Å². The number of ether oxygens (including phenoxy) is 1. The summed E-state index contributed by atoms with van der Waals surface area (Å²) in [6, 6.07) is -1.98. The van der Waals surface area contributed by atoms with Crippen molar-refractivity contribution in [1.29, 1.82) is 0 Å². The van der Waals surface area contributed by atoms with Crippen molar-refractivity contribution in [2.24, 2.45) is 11.1 Å². The summed E-state index contributed by atoms with van der Waals surface area (Å²) < 4.78 is 4.42. The normalized spacial score (nSPS) is 14.4. The fraction of sp³-hybridized carbons (Fsp3) is 0.750. The Bertz CT molecular complexity index is 349. The molecule has 0 aromatic carbocycles. The van der Waals surface area contributed by atoms with Gasteiger partial charge in [0.2, 0.25) is 5.91 Å². The molecule has 7 nitrogen and oxygen atoms in total. The smallest absolute Gasteiger partial charge is 0.326 e. The first-order valence-corrected chi connectivity index (χ1v) is 5.95. The quantitative estimate of drug-likeness (QED) is 0.581. The summed E-state index contributed by atoms with van der Waals surface area (Å²) in [7, 11) is 1.21. The second-order valence-corrected chi connectivity index (χ2v) is 5.36. The highest BCUT2D eigenvalue weighted by molar-refractivity contribution is 5.87. The number of amides is 1. The molecule has 0 fully saturated rings. The lowest BCUT2D eigenvalue weighted by atomic mass is 9.87. The summed E-state index contributed by atoms with van der Waals surface area (Å²) in [6.07, 6.45) is -0.122. The highest BCUT2D eigenvalue weighted by Crippen LogP contribution is 2.17. The lowest BCUT2D eigenvalue weighted by molar-refractivity contribution is -0.144. The lowest BCUT2D eigenvalue weighted by Crippen LogP contribution is -2.53. The summed E-state index contributed by atoms with van der Waals surface area (Å²) in [5, 5.41) is 11.3. The minimum absolute atomic E-state index is 0.0371. The first-order valence-electron chi connectivity index (χ1n) is 5.95. The third kappa shape index (κ3) is 6.19. The van der Waals surface area contributed by atoms with Crippen molar-refractivity contribution in [3.05, 3.63) is 0 Å². The predicted molar refractivity (Wildman–Crippen MR) is 68.2 cm³/mol. The topological polar surface area (TPSA) is 119 Å². The van der Waals surface area contributed by atoms with Gasteiger partial charge in [-0.05, 0) is 11.8 Å². The fourth-order valence-corrected chi connectivity index (χ4v) is 1.28. The van der Waals surface area contributed by atoms with Crippen molar-refractivity contribution in [3.8, 4) is 0 Å². The van der Waals surface area contributed by atoms with Crippen LogP contribution in [0.15, 0.2) is 0 Å². The third-order valence-electron chi connectivity index (χ3n) is 2.69. The van der Waals surface area contributed by atoms with E-state index in [2.05, 4.69) is 10.1 Å². The Morgan fingerprint density at radius 3 is 2.21 bits per heavy atom. The SMILES string of the molecule is COC(=O)CCC(NC(=O)[C@@H](N)C(C)(C)C)C(=O)O. The number of aliphatic carboxylic acids is 1. The van der Waals surface area contributed by atoms with Gasteiger partial charge in [0.15, 0.2) is 0 Å². The molecule has 0 aromatic heterocycles. The molecule has 1 unspecified atom stereocenters. The van der Waals surface area contributed by atoms with Crippen molar-refractivity contribution in [1.82, 2.24) is 5.32 Å². The summed E-state index contributed by atoms with van der Waals surface area (Å²) in [4.78, 5) is 33.8. The Morgan fingerprint density at radius 1 is 1.32 bits per heavy atom. The summed E-state index contributed by atoms with van der Waals surface area (Å²) in [5.41, 5.74) is 5.25. The minimum Gasteiger partial charge on any atom is -0.480 e. The molecule has 0 spiro atoms. The molecule has 0 bridgehead atoms. The van der Waals surface area contributed by atoms with Crippen LogP contribution in [0, 0.1) is 5.41 Å². The number of hydrogen-bond acceptors (Lipinski definition) is 5. The number of nitrogens with two attached hydrogens (primary N) is 1. The minimum atomic E-state index is -1.21. The number of carboxylic acid groups (broad SMARTS) is 1. The van der Waals surface area contributed by atoms with Gasteiger partial charge in [0.05, 0.1) is 13.2 Å². The van der Waals surface area contributed by atoms with Gasteiger partial charge in [-0.15, -0.1) is 0 Å². The third-order valence-corrected chi connectivity index (χ3v) is 2.69. The second-order valence-electron chi connectivity index (χ2n) is 5.36. The maximum Gasteiger partial charge on any atom is 0.326 e.